The van der Waals surface area contributed by atoms with Crippen LogP contribution in [0.25, 0.3) is 0 Å². The molecule has 0 aliphatic heterocycles. The van der Waals surface area contributed by atoms with Gasteiger partial charge in [-0.2, -0.15) is 5.26 Å². The molecule has 4 heteroatoms. The SMILES string of the molecule is Cc1cc(CC(=O)O)ccc1Nc1cccc(C#N)c1. The molecule has 0 aromatic heterocycles. The van der Waals surface area contributed by atoms with Crippen molar-refractivity contribution in [2.75, 3.05) is 5.32 Å². The number of carbonyl (C=O) groups is 1. The lowest BCUT2D eigenvalue weighted by Gasteiger charge is -2.11. The van der Waals surface area contributed by atoms with Crippen molar-refractivity contribution < 1.29 is 9.90 Å². The third kappa shape index (κ3) is 3.36. The van der Waals surface area contributed by atoms with Crippen molar-refractivity contribution in [1.82, 2.24) is 0 Å². The zero-order valence-corrected chi connectivity index (χ0v) is 11.1. The van der Waals surface area contributed by atoms with Crippen molar-refractivity contribution in [1.29, 1.82) is 5.26 Å². The number of anilines is 2. The lowest BCUT2D eigenvalue weighted by Crippen LogP contribution is -2.01. The van der Waals surface area contributed by atoms with Gasteiger partial charge in [0.15, 0.2) is 0 Å². The van der Waals surface area contributed by atoms with Crippen LogP contribution in [0.2, 0.25) is 0 Å². The van der Waals surface area contributed by atoms with Crippen LogP contribution in [0.4, 0.5) is 11.4 Å². The van der Waals surface area contributed by atoms with Gasteiger partial charge in [-0.05, 0) is 42.3 Å². The van der Waals surface area contributed by atoms with Crippen molar-refractivity contribution in [2.24, 2.45) is 0 Å². The molecule has 0 saturated carbocycles. The van der Waals surface area contributed by atoms with Gasteiger partial charge >= 0.3 is 5.97 Å². The molecule has 2 N–H and O–H groups in total. The quantitative estimate of drug-likeness (QED) is 0.891. The number of hydrogen-bond acceptors (Lipinski definition) is 3. The second-order valence-electron chi connectivity index (χ2n) is 4.54. The van der Waals surface area contributed by atoms with Gasteiger partial charge in [-0.3, -0.25) is 4.79 Å². The number of aliphatic carboxylic acids is 1. The molecule has 0 fully saturated rings. The van der Waals surface area contributed by atoms with Crippen molar-refractivity contribution >= 4 is 17.3 Å². The molecule has 0 radical (unpaired) electrons. The van der Waals surface area contributed by atoms with Gasteiger partial charge < -0.3 is 10.4 Å². The van der Waals surface area contributed by atoms with E-state index in [-0.39, 0.29) is 6.42 Å². The van der Waals surface area contributed by atoms with E-state index in [4.69, 9.17) is 10.4 Å². The van der Waals surface area contributed by atoms with Gasteiger partial charge in [-0.25, -0.2) is 0 Å². The minimum Gasteiger partial charge on any atom is -0.481 e. The summed E-state index contributed by atoms with van der Waals surface area (Å²) in [7, 11) is 0. The largest absolute Gasteiger partial charge is 0.481 e. The van der Waals surface area contributed by atoms with Crippen LogP contribution in [-0.4, -0.2) is 11.1 Å². The summed E-state index contributed by atoms with van der Waals surface area (Å²) in [6.07, 6.45) is 0.0189. The number of nitriles is 1. The first-order chi connectivity index (χ1) is 9.58. The molecular weight excluding hydrogens is 252 g/mol. The zero-order chi connectivity index (χ0) is 14.5. The third-order valence-electron chi connectivity index (χ3n) is 2.92. The highest BCUT2D eigenvalue weighted by Crippen LogP contribution is 2.22. The van der Waals surface area contributed by atoms with E-state index in [1.165, 1.54) is 0 Å². The van der Waals surface area contributed by atoms with Crippen molar-refractivity contribution in [3.8, 4) is 6.07 Å². The number of rotatable bonds is 4. The summed E-state index contributed by atoms with van der Waals surface area (Å²) >= 11 is 0. The molecule has 2 aromatic rings. The fourth-order valence-corrected chi connectivity index (χ4v) is 1.97. The monoisotopic (exact) mass is 266 g/mol. The number of aryl methyl sites for hydroxylation is 1. The lowest BCUT2D eigenvalue weighted by atomic mass is 10.1. The van der Waals surface area contributed by atoms with E-state index in [0.717, 1.165) is 22.5 Å². The summed E-state index contributed by atoms with van der Waals surface area (Å²) in [5, 5.41) is 20.9. The Labute approximate surface area is 117 Å². The number of benzene rings is 2. The van der Waals surface area contributed by atoms with Crippen LogP contribution in [0.3, 0.4) is 0 Å². The first-order valence-electron chi connectivity index (χ1n) is 6.17. The van der Waals surface area contributed by atoms with E-state index in [2.05, 4.69) is 11.4 Å². The van der Waals surface area contributed by atoms with E-state index in [1.807, 2.05) is 31.2 Å². The molecule has 4 nitrogen and oxygen atoms in total. The minimum atomic E-state index is -0.841. The summed E-state index contributed by atoms with van der Waals surface area (Å²) in [6, 6.07) is 14.8. The smallest absolute Gasteiger partial charge is 0.307 e. The number of hydrogen-bond donors (Lipinski definition) is 2. The molecule has 100 valence electrons. The number of carboxylic acid groups (broad SMARTS) is 1. The van der Waals surface area contributed by atoms with Crippen LogP contribution >= 0.6 is 0 Å². The Bertz CT molecular complexity index is 687. The Hall–Kier alpha value is -2.80. The maximum atomic E-state index is 10.7. The van der Waals surface area contributed by atoms with Crippen LogP contribution in [0.15, 0.2) is 42.5 Å². The second kappa shape index (κ2) is 5.89. The predicted molar refractivity (Wildman–Crippen MR) is 77.0 cm³/mol. The standard InChI is InChI=1S/C16H14N2O2/c1-11-7-12(9-16(19)20)5-6-15(11)18-14-4-2-3-13(8-14)10-17/h2-8,18H,9H2,1H3,(H,19,20). The van der Waals surface area contributed by atoms with Crippen LogP contribution in [-0.2, 0) is 11.2 Å². The van der Waals surface area contributed by atoms with Crippen LogP contribution in [0.1, 0.15) is 16.7 Å². The summed E-state index contributed by atoms with van der Waals surface area (Å²) in [6.45, 7) is 1.92. The van der Waals surface area contributed by atoms with Crippen LogP contribution < -0.4 is 5.32 Å². The van der Waals surface area contributed by atoms with Crippen molar-refractivity contribution in [3.63, 3.8) is 0 Å². The molecule has 20 heavy (non-hydrogen) atoms. The number of nitrogens with one attached hydrogen (secondary N) is 1. The van der Waals surface area contributed by atoms with Gasteiger partial charge in [0.2, 0.25) is 0 Å². The van der Waals surface area contributed by atoms with E-state index in [0.29, 0.717) is 5.56 Å². The van der Waals surface area contributed by atoms with Crippen molar-refractivity contribution in [2.45, 2.75) is 13.3 Å². The number of carboxylic acids is 1. The van der Waals surface area contributed by atoms with Gasteiger partial charge in [0.25, 0.3) is 0 Å². The molecule has 0 aliphatic rings. The Morgan fingerprint density at radius 2 is 2.10 bits per heavy atom. The van der Waals surface area contributed by atoms with Gasteiger partial charge in [0.05, 0.1) is 18.1 Å². The molecule has 0 unspecified atom stereocenters. The molecule has 0 atom stereocenters. The Balaban J connectivity index is 2.21. The van der Waals surface area contributed by atoms with Gasteiger partial charge in [-0.1, -0.05) is 18.2 Å². The molecule has 0 heterocycles. The maximum Gasteiger partial charge on any atom is 0.307 e. The van der Waals surface area contributed by atoms with Crippen molar-refractivity contribution in [3.05, 3.63) is 59.2 Å². The average molecular weight is 266 g/mol. The Morgan fingerprint density at radius 3 is 2.75 bits per heavy atom. The van der Waals surface area contributed by atoms with Gasteiger partial charge in [0, 0.05) is 11.4 Å². The summed E-state index contributed by atoms with van der Waals surface area (Å²) in [5.74, 6) is -0.841. The van der Waals surface area contributed by atoms with Crippen LogP contribution in [0, 0.1) is 18.3 Å². The summed E-state index contributed by atoms with van der Waals surface area (Å²) in [5.41, 5.74) is 4.06. The molecule has 0 bridgehead atoms. The first kappa shape index (κ1) is 13.6. The topological polar surface area (TPSA) is 73.1 Å². The molecule has 0 amide bonds. The fourth-order valence-electron chi connectivity index (χ4n) is 1.97. The molecule has 0 aliphatic carbocycles. The third-order valence-corrected chi connectivity index (χ3v) is 2.92. The normalized spacial score (nSPS) is 9.80. The number of nitrogens with zero attached hydrogens (tertiary/aromatic N) is 1. The van der Waals surface area contributed by atoms with Gasteiger partial charge in [-0.15, -0.1) is 0 Å². The predicted octanol–water partition coefficient (Wildman–Crippen LogP) is 3.24. The van der Waals surface area contributed by atoms with E-state index in [1.54, 1.807) is 18.2 Å². The first-order valence-corrected chi connectivity index (χ1v) is 6.17. The highest BCUT2D eigenvalue weighted by molar-refractivity contribution is 5.71. The fraction of sp³-hybridized carbons (Fsp3) is 0.125. The second-order valence-corrected chi connectivity index (χ2v) is 4.54. The van der Waals surface area contributed by atoms with Gasteiger partial charge in [0.1, 0.15) is 0 Å². The lowest BCUT2D eigenvalue weighted by molar-refractivity contribution is -0.136. The molecular formula is C16H14N2O2. The molecule has 2 aromatic carbocycles. The maximum absolute atomic E-state index is 10.7. The average Bonchev–Trinajstić information content (AvgIpc) is 2.41. The summed E-state index contributed by atoms with van der Waals surface area (Å²) in [4.78, 5) is 10.7. The molecule has 0 spiro atoms. The zero-order valence-electron chi connectivity index (χ0n) is 11.1. The van der Waals surface area contributed by atoms with Crippen LogP contribution in [0.5, 0.6) is 0 Å². The molecule has 2 rings (SSSR count). The minimum absolute atomic E-state index is 0.0189. The molecule has 0 saturated heterocycles. The summed E-state index contributed by atoms with van der Waals surface area (Å²) < 4.78 is 0. The van der Waals surface area contributed by atoms with E-state index >= 15 is 0 Å². The highest BCUT2D eigenvalue weighted by Gasteiger charge is 2.04. The highest BCUT2D eigenvalue weighted by atomic mass is 16.4. The Morgan fingerprint density at radius 1 is 1.30 bits per heavy atom. The van der Waals surface area contributed by atoms with E-state index < -0.39 is 5.97 Å². The Kier molecular flexibility index (Phi) is 4.02. The van der Waals surface area contributed by atoms with E-state index in [9.17, 15) is 4.79 Å².